The van der Waals surface area contributed by atoms with Crippen LogP contribution in [-0.4, -0.2) is 24.1 Å². The number of furan rings is 1. The van der Waals surface area contributed by atoms with Crippen molar-refractivity contribution in [2.45, 2.75) is 13.1 Å². The lowest BCUT2D eigenvalue weighted by molar-refractivity contribution is 0.506. The first kappa shape index (κ1) is 11.6. The molecule has 0 atom stereocenters. The molecule has 0 unspecified atom stereocenters. The van der Waals surface area contributed by atoms with Crippen molar-refractivity contribution in [2.24, 2.45) is 0 Å². The van der Waals surface area contributed by atoms with Gasteiger partial charge in [0.05, 0.1) is 24.7 Å². The van der Waals surface area contributed by atoms with Gasteiger partial charge in [-0.25, -0.2) is 4.98 Å². The molecule has 0 fully saturated rings. The van der Waals surface area contributed by atoms with Gasteiger partial charge in [0.15, 0.2) is 0 Å². The zero-order chi connectivity index (χ0) is 12.1. The molecule has 2 aromatic rings. The van der Waals surface area contributed by atoms with Gasteiger partial charge in [-0.15, -0.1) is 0 Å². The molecule has 2 rings (SSSR count). The second-order valence-electron chi connectivity index (χ2n) is 3.83. The minimum atomic E-state index is 0.685. The van der Waals surface area contributed by atoms with Gasteiger partial charge in [0, 0.05) is 19.8 Å². The number of hydrogen-bond acceptors (Lipinski definition) is 5. The van der Waals surface area contributed by atoms with E-state index in [0.29, 0.717) is 6.54 Å². The summed E-state index contributed by atoms with van der Waals surface area (Å²) in [7, 11) is 3.86. The van der Waals surface area contributed by atoms with Crippen LogP contribution in [0, 0.1) is 0 Å². The average molecular weight is 232 g/mol. The van der Waals surface area contributed by atoms with Gasteiger partial charge in [0.25, 0.3) is 0 Å². The van der Waals surface area contributed by atoms with Crippen molar-refractivity contribution >= 4 is 5.82 Å². The van der Waals surface area contributed by atoms with E-state index >= 15 is 0 Å². The number of nitrogens with zero attached hydrogens (tertiary/aromatic N) is 3. The lowest BCUT2D eigenvalue weighted by atomic mass is 10.4. The summed E-state index contributed by atoms with van der Waals surface area (Å²) < 4.78 is 5.30. The van der Waals surface area contributed by atoms with Crippen molar-refractivity contribution in [3.05, 3.63) is 42.2 Å². The van der Waals surface area contributed by atoms with Crippen molar-refractivity contribution in [1.82, 2.24) is 15.3 Å². The Labute approximate surface area is 100 Å². The first-order valence-corrected chi connectivity index (χ1v) is 5.48. The molecule has 2 heterocycles. The van der Waals surface area contributed by atoms with Gasteiger partial charge in [-0.1, -0.05) is 0 Å². The Morgan fingerprint density at radius 2 is 2.29 bits per heavy atom. The molecule has 17 heavy (non-hydrogen) atoms. The minimum Gasteiger partial charge on any atom is -0.467 e. The fourth-order valence-electron chi connectivity index (χ4n) is 1.56. The standard InChI is InChI=1S/C12H16N4O/c1-13-6-10-7-14-8-12(15-10)16(2)9-11-4-3-5-17-11/h3-5,7-8,13H,6,9H2,1-2H3. The second-order valence-corrected chi connectivity index (χ2v) is 3.83. The van der Waals surface area contributed by atoms with E-state index in [2.05, 4.69) is 15.3 Å². The largest absolute Gasteiger partial charge is 0.467 e. The van der Waals surface area contributed by atoms with Crippen molar-refractivity contribution in [1.29, 1.82) is 0 Å². The predicted octanol–water partition coefficient (Wildman–Crippen LogP) is 1.43. The molecule has 0 amide bonds. The molecule has 0 aliphatic heterocycles. The second kappa shape index (κ2) is 5.45. The summed E-state index contributed by atoms with van der Waals surface area (Å²) in [6.45, 7) is 1.40. The van der Waals surface area contributed by atoms with Gasteiger partial charge in [-0.2, -0.15) is 0 Å². The Kier molecular flexibility index (Phi) is 3.72. The molecule has 2 aromatic heterocycles. The number of anilines is 1. The number of nitrogens with one attached hydrogen (secondary N) is 1. The molecule has 90 valence electrons. The first-order chi connectivity index (χ1) is 8.29. The minimum absolute atomic E-state index is 0.685. The maximum absolute atomic E-state index is 5.30. The summed E-state index contributed by atoms with van der Waals surface area (Å²) in [5.41, 5.74) is 0.927. The van der Waals surface area contributed by atoms with Crippen LogP contribution in [0.2, 0.25) is 0 Å². The third-order valence-electron chi connectivity index (χ3n) is 2.39. The molecule has 0 aliphatic carbocycles. The van der Waals surface area contributed by atoms with Gasteiger partial charge >= 0.3 is 0 Å². The maximum Gasteiger partial charge on any atom is 0.147 e. The zero-order valence-corrected chi connectivity index (χ0v) is 10.1. The third kappa shape index (κ3) is 3.04. The van der Waals surface area contributed by atoms with E-state index in [4.69, 9.17) is 4.42 Å². The fraction of sp³-hybridized carbons (Fsp3) is 0.333. The molecule has 0 radical (unpaired) electrons. The lowest BCUT2D eigenvalue weighted by Crippen LogP contribution is -2.19. The highest BCUT2D eigenvalue weighted by Gasteiger charge is 2.06. The molecule has 0 aliphatic rings. The number of aromatic nitrogens is 2. The van der Waals surface area contributed by atoms with E-state index in [1.54, 1.807) is 18.7 Å². The monoisotopic (exact) mass is 232 g/mol. The van der Waals surface area contributed by atoms with E-state index in [0.717, 1.165) is 23.8 Å². The van der Waals surface area contributed by atoms with Crippen LogP contribution < -0.4 is 10.2 Å². The Morgan fingerprint density at radius 3 is 3.00 bits per heavy atom. The van der Waals surface area contributed by atoms with Crippen molar-refractivity contribution in [2.75, 3.05) is 19.0 Å². The van der Waals surface area contributed by atoms with E-state index in [1.165, 1.54) is 0 Å². The van der Waals surface area contributed by atoms with Gasteiger partial charge in [0.1, 0.15) is 11.6 Å². The van der Waals surface area contributed by atoms with Gasteiger partial charge in [0.2, 0.25) is 0 Å². The van der Waals surface area contributed by atoms with Gasteiger partial charge in [-0.3, -0.25) is 4.98 Å². The normalized spacial score (nSPS) is 10.5. The van der Waals surface area contributed by atoms with Crippen molar-refractivity contribution < 1.29 is 4.42 Å². The molecular formula is C12H16N4O. The lowest BCUT2D eigenvalue weighted by Gasteiger charge is -2.16. The van der Waals surface area contributed by atoms with Crippen LogP contribution in [0.15, 0.2) is 35.2 Å². The van der Waals surface area contributed by atoms with Crippen molar-refractivity contribution in [3.8, 4) is 0 Å². The summed E-state index contributed by atoms with van der Waals surface area (Å²) in [5.74, 6) is 1.75. The van der Waals surface area contributed by atoms with Crippen LogP contribution in [0.1, 0.15) is 11.5 Å². The average Bonchev–Trinajstić information content (AvgIpc) is 2.83. The van der Waals surface area contributed by atoms with Gasteiger partial charge < -0.3 is 14.6 Å². The topological polar surface area (TPSA) is 54.2 Å². The molecule has 0 saturated carbocycles. The summed E-state index contributed by atoms with van der Waals surface area (Å²) in [6, 6.07) is 3.83. The molecule has 0 spiro atoms. The highest BCUT2D eigenvalue weighted by atomic mass is 16.3. The van der Waals surface area contributed by atoms with Crippen LogP contribution in [0.4, 0.5) is 5.82 Å². The molecule has 0 bridgehead atoms. The Bertz CT molecular complexity index is 455. The molecular weight excluding hydrogens is 216 g/mol. The number of hydrogen-bond donors (Lipinski definition) is 1. The van der Waals surface area contributed by atoms with Crippen LogP contribution in [0.5, 0.6) is 0 Å². The summed E-state index contributed by atoms with van der Waals surface area (Å²) in [6.07, 6.45) is 5.19. The van der Waals surface area contributed by atoms with E-state index in [-0.39, 0.29) is 0 Å². The summed E-state index contributed by atoms with van der Waals surface area (Å²) >= 11 is 0. The third-order valence-corrected chi connectivity index (χ3v) is 2.39. The molecule has 5 heteroatoms. The van der Waals surface area contributed by atoms with Crippen LogP contribution in [0.3, 0.4) is 0 Å². The van der Waals surface area contributed by atoms with E-state index < -0.39 is 0 Å². The highest BCUT2D eigenvalue weighted by molar-refractivity contribution is 5.35. The van der Waals surface area contributed by atoms with Crippen LogP contribution in [0.25, 0.3) is 0 Å². The Hall–Kier alpha value is -1.88. The van der Waals surface area contributed by atoms with Gasteiger partial charge in [-0.05, 0) is 19.2 Å². The maximum atomic E-state index is 5.30. The highest BCUT2D eigenvalue weighted by Crippen LogP contribution is 2.12. The predicted molar refractivity (Wildman–Crippen MR) is 65.6 cm³/mol. The smallest absolute Gasteiger partial charge is 0.147 e. The summed E-state index contributed by atoms with van der Waals surface area (Å²) in [5, 5.41) is 3.06. The molecule has 1 N–H and O–H groups in total. The molecule has 0 saturated heterocycles. The van der Waals surface area contributed by atoms with E-state index in [9.17, 15) is 0 Å². The van der Waals surface area contributed by atoms with Crippen LogP contribution >= 0.6 is 0 Å². The van der Waals surface area contributed by atoms with Crippen molar-refractivity contribution in [3.63, 3.8) is 0 Å². The molecule has 0 aromatic carbocycles. The first-order valence-electron chi connectivity index (χ1n) is 5.48. The van der Waals surface area contributed by atoms with Crippen LogP contribution in [-0.2, 0) is 13.1 Å². The zero-order valence-electron chi connectivity index (χ0n) is 10.1. The Morgan fingerprint density at radius 1 is 1.41 bits per heavy atom. The summed E-state index contributed by atoms with van der Waals surface area (Å²) in [4.78, 5) is 10.7. The Balaban J connectivity index is 2.07. The SMILES string of the molecule is CNCc1cncc(N(C)Cc2ccco2)n1. The van der Waals surface area contributed by atoms with E-state index in [1.807, 2.05) is 31.1 Å². The molecule has 5 nitrogen and oxygen atoms in total. The quantitative estimate of drug-likeness (QED) is 0.845. The fourth-order valence-corrected chi connectivity index (χ4v) is 1.56. The number of rotatable bonds is 5.